The van der Waals surface area contributed by atoms with E-state index in [1.165, 1.54) is 35.7 Å². The number of halogens is 1. The van der Waals surface area contributed by atoms with Crippen LogP contribution in [0.1, 0.15) is 44.2 Å². The van der Waals surface area contributed by atoms with E-state index in [0.29, 0.717) is 24.4 Å². The van der Waals surface area contributed by atoms with Gasteiger partial charge >= 0.3 is 5.97 Å². The third-order valence-corrected chi connectivity index (χ3v) is 8.14. The van der Waals surface area contributed by atoms with Crippen molar-refractivity contribution in [2.45, 2.75) is 57.0 Å². The number of nitrogens with zero attached hydrogens (tertiary/aromatic N) is 1. The number of benzene rings is 2. The van der Waals surface area contributed by atoms with Gasteiger partial charge in [0.1, 0.15) is 6.04 Å². The second kappa shape index (κ2) is 10.9. The Bertz CT molecular complexity index is 1110. The Morgan fingerprint density at radius 2 is 1.71 bits per heavy atom. The van der Waals surface area contributed by atoms with Crippen LogP contribution in [-0.2, 0) is 37.3 Å². The largest absolute Gasteiger partial charge is 0.469 e. The summed E-state index contributed by atoms with van der Waals surface area (Å²) < 4.78 is 33.4. The molecule has 1 fully saturated rings. The lowest BCUT2D eigenvalue weighted by atomic mass is 9.85. The number of hydrogen-bond donors (Lipinski definition) is 1. The van der Waals surface area contributed by atoms with Crippen LogP contribution in [0.25, 0.3) is 0 Å². The van der Waals surface area contributed by atoms with E-state index in [0.717, 1.165) is 24.0 Å². The van der Waals surface area contributed by atoms with Gasteiger partial charge in [-0.3, -0.25) is 9.59 Å². The van der Waals surface area contributed by atoms with Gasteiger partial charge in [0.25, 0.3) is 0 Å². The SMILES string of the molecule is COC(=O)C(C)(C)Cc1ccc(CN([C@@H]2CCCCNC2=O)S(=O)(=O)c2ccc(Cl)cc2)cc1. The highest BCUT2D eigenvalue weighted by molar-refractivity contribution is 7.89. The molecular formula is C25H31ClN2O5S. The van der Waals surface area contributed by atoms with Gasteiger partial charge in [0, 0.05) is 18.1 Å². The summed E-state index contributed by atoms with van der Waals surface area (Å²) in [6.45, 7) is 4.22. The minimum atomic E-state index is -3.97. The highest BCUT2D eigenvalue weighted by Gasteiger charge is 2.36. The van der Waals surface area contributed by atoms with Crippen LogP contribution in [0.4, 0.5) is 0 Å². The monoisotopic (exact) mass is 506 g/mol. The Hall–Kier alpha value is -2.42. The number of carbonyl (C=O) groups excluding carboxylic acids is 2. The molecule has 0 aliphatic carbocycles. The predicted octanol–water partition coefficient (Wildman–Crippen LogP) is 3.94. The van der Waals surface area contributed by atoms with Crippen LogP contribution in [-0.4, -0.2) is 44.3 Å². The summed E-state index contributed by atoms with van der Waals surface area (Å²) in [5.74, 6) is -0.581. The molecule has 184 valence electrons. The van der Waals surface area contributed by atoms with Crippen molar-refractivity contribution < 1.29 is 22.7 Å². The summed E-state index contributed by atoms with van der Waals surface area (Å²) in [7, 11) is -2.60. The number of sulfonamides is 1. The molecule has 2 aromatic carbocycles. The lowest BCUT2D eigenvalue weighted by Gasteiger charge is -2.29. The summed E-state index contributed by atoms with van der Waals surface area (Å²) in [5, 5.41) is 3.27. The topological polar surface area (TPSA) is 92.8 Å². The van der Waals surface area contributed by atoms with Gasteiger partial charge in [0.2, 0.25) is 15.9 Å². The molecule has 3 rings (SSSR count). The van der Waals surface area contributed by atoms with Crippen LogP contribution in [0.3, 0.4) is 0 Å². The number of ether oxygens (including phenoxy) is 1. The summed E-state index contributed by atoms with van der Waals surface area (Å²) in [4.78, 5) is 24.9. The van der Waals surface area contributed by atoms with Gasteiger partial charge in [0.15, 0.2) is 0 Å². The number of hydrogen-bond acceptors (Lipinski definition) is 5. The minimum absolute atomic E-state index is 0.0454. The first-order valence-electron chi connectivity index (χ1n) is 11.3. The van der Waals surface area contributed by atoms with Crippen molar-refractivity contribution in [3.05, 3.63) is 64.7 Å². The quantitative estimate of drug-likeness (QED) is 0.547. The normalized spacial score (nSPS) is 17.2. The van der Waals surface area contributed by atoms with E-state index in [-0.39, 0.29) is 23.3 Å². The van der Waals surface area contributed by atoms with Crippen LogP contribution >= 0.6 is 11.6 Å². The molecule has 1 aliphatic heterocycles. The average molecular weight is 507 g/mol. The number of amides is 1. The van der Waals surface area contributed by atoms with Crippen LogP contribution < -0.4 is 5.32 Å². The third kappa shape index (κ3) is 6.17. The highest BCUT2D eigenvalue weighted by Crippen LogP contribution is 2.27. The molecule has 0 saturated carbocycles. The van der Waals surface area contributed by atoms with Crippen molar-refractivity contribution in [2.75, 3.05) is 13.7 Å². The van der Waals surface area contributed by atoms with Crippen LogP contribution in [0.15, 0.2) is 53.4 Å². The molecule has 1 saturated heterocycles. The van der Waals surface area contributed by atoms with Crippen LogP contribution in [0.2, 0.25) is 5.02 Å². The molecule has 0 bridgehead atoms. The number of rotatable bonds is 8. The van der Waals surface area contributed by atoms with Gasteiger partial charge < -0.3 is 10.1 Å². The molecule has 0 unspecified atom stereocenters. The zero-order valence-electron chi connectivity index (χ0n) is 19.7. The summed E-state index contributed by atoms with van der Waals surface area (Å²) in [6, 6.07) is 12.6. The van der Waals surface area contributed by atoms with Gasteiger partial charge in [0.05, 0.1) is 17.4 Å². The maximum absolute atomic E-state index is 13.6. The number of carbonyl (C=O) groups is 2. The molecule has 1 aliphatic rings. The van der Waals surface area contributed by atoms with E-state index in [2.05, 4.69) is 5.32 Å². The number of nitrogens with one attached hydrogen (secondary N) is 1. The van der Waals surface area contributed by atoms with Gasteiger partial charge in [-0.2, -0.15) is 4.31 Å². The first-order chi connectivity index (χ1) is 16.0. The van der Waals surface area contributed by atoms with Crippen molar-refractivity contribution >= 4 is 33.5 Å². The van der Waals surface area contributed by atoms with Gasteiger partial charge in [-0.05, 0) is 74.9 Å². The maximum atomic E-state index is 13.6. The minimum Gasteiger partial charge on any atom is -0.469 e. The second-order valence-corrected chi connectivity index (χ2v) is 11.5. The molecule has 1 amide bonds. The summed E-state index contributed by atoms with van der Waals surface area (Å²) >= 11 is 5.95. The highest BCUT2D eigenvalue weighted by atomic mass is 35.5. The van der Waals surface area contributed by atoms with Crippen molar-refractivity contribution in [3.8, 4) is 0 Å². The zero-order chi connectivity index (χ0) is 24.9. The lowest BCUT2D eigenvalue weighted by Crippen LogP contribution is -2.48. The van der Waals surface area contributed by atoms with E-state index in [1.54, 1.807) is 0 Å². The molecule has 9 heteroatoms. The molecule has 7 nitrogen and oxygen atoms in total. The maximum Gasteiger partial charge on any atom is 0.311 e. The van der Waals surface area contributed by atoms with Crippen molar-refractivity contribution in [2.24, 2.45) is 5.41 Å². The zero-order valence-corrected chi connectivity index (χ0v) is 21.3. The molecule has 1 heterocycles. The smallest absolute Gasteiger partial charge is 0.311 e. The van der Waals surface area contributed by atoms with Gasteiger partial charge in [-0.15, -0.1) is 0 Å². The first-order valence-corrected chi connectivity index (χ1v) is 13.1. The van der Waals surface area contributed by atoms with Crippen molar-refractivity contribution in [1.29, 1.82) is 0 Å². The fraction of sp³-hybridized carbons (Fsp3) is 0.440. The predicted molar refractivity (Wildman–Crippen MR) is 131 cm³/mol. The molecule has 0 aromatic heterocycles. The fourth-order valence-electron chi connectivity index (χ4n) is 4.10. The molecule has 2 aromatic rings. The molecule has 1 atom stereocenters. The Morgan fingerprint density at radius 1 is 1.09 bits per heavy atom. The Kier molecular flexibility index (Phi) is 8.38. The van der Waals surface area contributed by atoms with Gasteiger partial charge in [-0.25, -0.2) is 8.42 Å². The Labute approximate surface area is 206 Å². The molecule has 34 heavy (non-hydrogen) atoms. The van der Waals surface area contributed by atoms with E-state index < -0.39 is 21.5 Å². The molecular weight excluding hydrogens is 476 g/mol. The van der Waals surface area contributed by atoms with E-state index in [9.17, 15) is 18.0 Å². The Balaban J connectivity index is 1.90. The first kappa shape index (κ1) is 26.2. The second-order valence-electron chi connectivity index (χ2n) is 9.18. The standard InChI is InChI=1S/C25H31ClN2O5S/c1-25(2,24(30)33-3)16-18-7-9-19(10-8-18)17-28(22-6-4-5-15-27-23(22)29)34(31,32)21-13-11-20(26)12-14-21/h7-14,22H,4-6,15-17H2,1-3H3,(H,27,29)/t22-/m1/s1. The van der Waals surface area contributed by atoms with Crippen LogP contribution in [0, 0.1) is 5.41 Å². The number of esters is 1. The molecule has 1 N–H and O–H groups in total. The molecule has 0 radical (unpaired) electrons. The van der Waals surface area contributed by atoms with Crippen LogP contribution in [0.5, 0.6) is 0 Å². The van der Waals surface area contributed by atoms with Crippen molar-refractivity contribution in [1.82, 2.24) is 9.62 Å². The van der Waals surface area contributed by atoms with E-state index in [1.807, 2.05) is 38.1 Å². The lowest BCUT2D eigenvalue weighted by molar-refractivity contribution is -0.150. The Morgan fingerprint density at radius 3 is 2.32 bits per heavy atom. The van der Waals surface area contributed by atoms with E-state index >= 15 is 0 Å². The summed E-state index contributed by atoms with van der Waals surface area (Å²) in [6.07, 6.45) is 2.49. The fourth-order valence-corrected chi connectivity index (χ4v) is 5.84. The average Bonchev–Trinajstić information content (AvgIpc) is 3.02. The van der Waals surface area contributed by atoms with Gasteiger partial charge in [-0.1, -0.05) is 35.9 Å². The molecule has 0 spiro atoms. The third-order valence-electron chi connectivity index (χ3n) is 6.02. The van der Waals surface area contributed by atoms with E-state index in [4.69, 9.17) is 16.3 Å². The number of methoxy groups -OCH3 is 1. The summed E-state index contributed by atoms with van der Waals surface area (Å²) in [5.41, 5.74) is 0.992. The van der Waals surface area contributed by atoms with Crippen molar-refractivity contribution in [3.63, 3.8) is 0 Å².